The van der Waals surface area contributed by atoms with Crippen molar-refractivity contribution in [1.29, 1.82) is 0 Å². The highest BCUT2D eigenvalue weighted by Crippen LogP contribution is 2.68. The van der Waals surface area contributed by atoms with Crippen molar-refractivity contribution in [2.24, 2.45) is 52.0 Å². The number of nitrogens with zero attached hydrogens (tertiary/aromatic N) is 1. The van der Waals surface area contributed by atoms with Crippen LogP contribution in [0.2, 0.25) is 0 Å². The largest absolute Gasteiger partial charge is 0.400 e. The second kappa shape index (κ2) is 10.3. The van der Waals surface area contributed by atoms with Crippen LogP contribution < -0.4 is 11.6 Å². The minimum Gasteiger partial charge on any atom is -0.400 e. The van der Waals surface area contributed by atoms with Crippen LogP contribution in [0.5, 0.6) is 0 Å². The number of fused-ring (bicyclic) bond motifs is 5. The van der Waals surface area contributed by atoms with Gasteiger partial charge in [0.15, 0.2) is 5.78 Å². The second-order valence-electron chi connectivity index (χ2n) is 13.8. The minimum absolute atomic E-state index is 0.0595. The highest BCUT2D eigenvalue weighted by Gasteiger charge is 2.63. The van der Waals surface area contributed by atoms with Crippen LogP contribution in [0.15, 0.2) is 23.5 Å². The van der Waals surface area contributed by atoms with Crippen LogP contribution in [0.1, 0.15) is 97.3 Å². The fourth-order valence-electron chi connectivity index (χ4n) is 10.0. The molecule has 0 aromatic heterocycles. The third kappa shape index (κ3) is 4.80. The lowest BCUT2D eigenvalue weighted by Gasteiger charge is -2.62. The van der Waals surface area contributed by atoms with Crippen molar-refractivity contribution in [3.63, 3.8) is 0 Å². The molecule has 0 spiro atoms. The Bertz CT molecular complexity index is 929. The maximum absolute atomic E-state index is 13.8. The third-order valence-electron chi connectivity index (χ3n) is 11.8. The van der Waals surface area contributed by atoms with Gasteiger partial charge in [0, 0.05) is 30.8 Å². The van der Waals surface area contributed by atoms with E-state index < -0.39 is 5.60 Å². The van der Waals surface area contributed by atoms with Gasteiger partial charge in [-0.05, 0) is 118 Å². The Morgan fingerprint density at radius 3 is 2.70 bits per heavy atom. The molecule has 4 fully saturated rings. The monoisotopic (exact) mass is 513 g/mol. The van der Waals surface area contributed by atoms with E-state index in [0.29, 0.717) is 35.9 Å². The SMILES string of the molecule is COC[C@]12CC[C@@](C)(O)C[C@@H]1CC[C@H]1[C@@H]3CC[C@H](C(=O)CN(N)/C4=C(/N)C/C=C\CCC4)[C@@]3(C)CC[C@@H]12. The van der Waals surface area contributed by atoms with Gasteiger partial charge in [-0.3, -0.25) is 4.79 Å². The van der Waals surface area contributed by atoms with Crippen molar-refractivity contribution < 1.29 is 14.6 Å². The van der Waals surface area contributed by atoms with E-state index in [-0.39, 0.29) is 23.3 Å². The lowest BCUT2D eigenvalue weighted by atomic mass is 9.43. The number of Topliss-reactive ketones (excluding diaryl/α,β-unsaturated/α-hetero) is 1. The van der Waals surface area contributed by atoms with Gasteiger partial charge in [0.05, 0.1) is 18.8 Å². The standard InChI is InChI=1S/C31H51N3O3/c1-29(36)16-17-31(20-37-3)21(18-29)10-11-22-23-12-13-25(30(23,2)15-14-24(22)31)28(35)19-34(33)27-9-7-5-4-6-8-26(27)32/h4,6,21-25,36H,5,7-20,32-33H2,1-3H3/b6-4-,27-26+/t21-,22-,23-,24-,25+,29+,30-,31+/m0/s1. The molecule has 0 heterocycles. The van der Waals surface area contributed by atoms with Crippen LogP contribution in [-0.2, 0) is 9.53 Å². The number of carbonyl (C=O) groups excluding carboxylic acids is 1. The van der Waals surface area contributed by atoms with Crippen LogP contribution >= 0.6 is 0 Å². The fraction of sp³-hybridized carbons (Fsp3) is 0.839. The van der Waals surface area contributed by atoms with Gasteiger partial charge in [0.2, 0.25) is 0 Å². The Kier molecular flexibility index (Phi) is 7.58. The first kappa shape index (κ1) is 27.2. The summed E-state index contributed by atoms with van der Waals surface area (Å²) < 4.78 is 5.91. The van der Waals surface area contributed by atoms with Crippen molar-refractivity contribution >= 4 is 5.78 Å². The molecule has 5 rings (SSSR count). The van der Waals surface area contributed by atoms with E-state index in [1.807, 2.05) is 14.0 Å². The summed E-state index contributed by atoms with van der Waals surface area (Å²) in [5.74, 6) is 9.35. The number of methoxy groups -OCH3 is 1. The number of ketones is 1. The lowest BCUT2D eigenvalue weighted by Crippen LogP contribution is -2.58. The molecule has 0 aromatic rings. The molecule has 208 valence electrons. The molecule has 0 amide bonds. The van der Waals surface area contributed by atoms with Gasteiger partial charge in [-0.25, -0.2) is 5.84 Å². The maximum atomic E-state index is 13.8. The van der Waals surface area contributed by atoms with Crippen molar-refractivity contribution in [2.75, 3.05) is 20.3 Å². The summed E-state index contributed by atoms with van der Waals surface area (Å²) in [7, 11) is 1.85. The summed E-state index contributed by atoms with van der Waals surface area (Å²) in [5.41, 5.74) is 7.82. The Balaban J connectivity index is 1.32. The number of hydrogen-bond donors (Lipinski definition) is 3. The molecule has 0 bridgehead atoms. The van der Waals surface area contributed by atoms with Crippen LogP contribution in [0.4, 0.5) is 0 Å². The first-order valence-corrected chi connectivity index (χ1v) is 15.0. The van der Waals surface area contributed by atoms with E-state index in [2.05, 4.69) is 19.1 Å². The number of hydrazine groups is 1. The van der Waals surface area contributed by atoms with Crippen molar-refractivity contribution in [3.05, 3.63) is 23.5 Å². The maximum Gasteiger partial charge on any atom is 0.157 e. The molecule has 0 saturated heterocycles. The number of allylic oxidation sites excluding steroid dienone is 3. The van der Waals surface area contributed by atoms with Crippen LogP contribution in [0, 0.1) is 40.4 Å². The van der Waals surface area contributed by atoms with Gasteiger partial charge in [-0.1, -0.05) is 19.1 Å². The van der Waals surface area contributed by atoms with Crippen LogP contribution in [-0.4, -0.2) is 41.8 Å². The highest BCUT2D eigenvalue weighted by molar-refractivity contribution is 5.84. The van der Waals surface area contributed by atoms with Gasteiger partial charge in [0.1, 0.15) is 0 Å². The minimum atomic E-state index is -0.539. The van der Waals surface area contributed by atoms with E-state index in [4.69, 9.17) is 16.3 Å². The summed E-state index contributed by atoms with van der Waals surface area (Å²) >= 11 is 0. The Hall–Kier alpha value is -1.37. The molecule has 0 aromatic carbocycles. The topological polar surface area (TPSA) is 102 Å². The normalized spacial score (nSPS) is 46.7. The molecule has 0 unspecified atom stereocenters. The summed E-state index contributed by atoms with van der Waals surface area (Å²) in [6, 6.07) is 0. The number of nitrogens with two attached hydrogens (primary N) is 2. The van der Waals surface area contributed by atoms with Gasteiger partial charge < -0.3 is 20.6 Å². The molecule has 4 saturated carbocycles. The smallest absolute Gasteiger partial charge is 0.157 e. The molecular formula is C31H51N3O3. The fourth-order valence-corrected chi connectivity index (χ4v) is 10.0. The van der Waals surface area contributed by atoms with Crippen molar-refractivity contribution in [2.45, 2.75) is 103 Å². The van der Waals surface area contributed by atoms with Crippen molar-refractivity contribution in [1.82, 2.24) is 5.01 Å². The predicted molar refractivity (Wildman–Crippen MR) is 147 cm³/mol. The zero-order valence-corrected chi connectivity index (χ0v) is 23.5. The van der Waals surface area contributed by atoms with E-state index in [9.17, 15) is 9.90 Å². The third-order valence-corrected chi connectivity index (χ3v) is 11.8. The van der Waals surface area contributed by atoms with E-state index in [0.717, 1.165) is 75.8 Å². The Labute approximate surface area is 224 Å². The van der Waals surface area contributed by atoms with Crippen LogP contribution in [0.3, 0.4) is 0 Å². The van der Waals surface area contributed by atoms with Gasteiger partial charge in [0.25, 0.3) is 0 Å². The first-order valence-electron chi connectivity index (χ1n) is 15.0. The molecule has 37 heavy (non-hydrogen) atoms. The summed E-state index contributed by atoms with van der Waals surface area (Å²) in [5, 5.41) is 12.6. The molecule has 8 atom stereocenters. The van der Waals surface area contributed by atoms with Gasteiger partial charge in [-0.2, -0.15) is 0 Å². The molecule has 6 heteroatoms. The second-order valence-corrected chi connectivity index (χ2v) is 13.8. The summed E-state index contributed by atoms with van der Waals surface area (Å²) in [6.07, 6.45) is 17.6. The zero-order valence-electron chi connectivity index (χ0n) is 23.5. The summed E-state index contributed by atoms with van der Waals surface area (Å²) in [4.78, 5) is 13.8. The first-order chi connectivity index (χ1) is 17.6. The summed E-state index contributed by atoms with van der Waals surface area (Å²) in [6.45, 7) is 5.53. The van der Waals surface area contributed by atoms with E-state index in [1.54, 1.807) is 5.01 Å². The molecule has 5 aliphatic rings. The molecular weight excluding hydrogens is 462 g/mol. The number of rotatable bonds is 6. The number of ether oxygens (including phenoxy) is 1. The Morgan fingerprint density at radius 2 is 1.92 bits per heavy atom. The lowest BCUT2D eigenvalue weighted by molar-refractivity contribution is -0.175. The molecule has 0 radical (unpaired) electrons. The number of carbonyl (C=O) groups is 1. The van der Waals surface area contributed by atoms with Crippen LogP contribution in [0.25, 0.3) is 0 Å². The van der Waals surface area contributed by atoms with E-state index in [1.165, 1.54) is 19.3 Å². The molecule has 0 aliphatic heterocycles. The number of aliphatic hydroxyl groups is 1. The molecule has 6 nitrogen and oxygen atoms in total. The zero-order chi connectivity index (χ0) is 26.4. The molecule has 5 aliphatic carbocycles. The quantitative estimate of drug-likeness (QED) is 0.260. The molecule has 5 N–H and O–H groups in total. The predicted octanol–water partition coefficient (Wildman–Crippen LogP) is 5.07. The van der Waals surface area contributed by atoms with Gasteiger partial charge in [-0.15, -0.1) is 0 Å². The van der Waals surface area contributed by atoms with E-state index >= 15 is 0 Å². The average Bonchev–Trinajstić information content (AvgIpc) is 3.19. The van der Waals surface area contributed by atoms with Crippen molar-refractivity contribution in [3.8, 4) is 0 Å². The number of hydrogen-bond acceptors (Lipinski definition) is 6. The Morgan fingerprint density at radius 1 is 1.11 bits per heavy atom. The van der Waals surface area contributed by atoms with Gasteiger partial charge >= 0.3 is 0 Å². The highest BCUT2D eigenvalue weighted by atomic mass is 16.5. The average molecular weight is 514 g/mol.